The average Bonchev–Trinajstić information content (AvgIpc) is 2.42. The van der Waals surface area contributed by atoms with Crippen molar-refractivity contribution in [2.45, 2.75) is 52.1 Å². The molecule has 1 heterocycles. The van der Waals surface area contributed by atoms with Crippen molar-refractivity contribution in [1.29, 1.82) is 0 Å². The molecule has 1 fully saturated rings. The number of hydrogen-bond acceptors (Lipinski definition) is 4. The summed E-state index contributed by atoms with van der Waals surface area (Å²) in [5.74, 6) is 2.32. The summed E-state index contributed by atoms with van der Waals surface area (Å²) >= 11 is 3.54. The number of hydrogen-bond donors (Lipinski definition) is 1. The maximum atomic E-state index is 6.15. The number of rotatable bonds is 4. The molecule has 0 radical (unpaired) electrons. The normalized spacial score (nSPS) is 26.6. The first-order valence-corrected chi connectivity index (χ1v) is 8.18. The van der Waals surface area contributed by atoms with Crippen molar-refractivity contribution in [2.75, 3.05) is 19.0 Å². The molecule has 0 aliphatic heterocycles. The van der Waals surface area contributed by atoms with Crippen molar-refractivity contribution < 1.29 is 4.74 Å². The SMILES string of the molecule is CCOC1(c2nc(C)c(Br)c(NC)n2)CCCC(C)C1. The van der Waals surface area contributed by atoms with Crippen LogP contribution in [-0.4, -0.2) is 23.6 Å². The molecule has 1 aromatic rings. The van der Waals surface area contributed by atoms with Crippen molar-refractivity contribution in [2.24, 2.45) is 5.92 Å². The minimum atomic E-state index is -0.316. The van der Waals surface area contributed by atoms with Crippen LogP contribution in [0.1, 0.15) is 51.0 Å². The molecule has 0 aromatic carbocycles. The molecule has 0 saturated heterocycles. The van der Waals surface area contributed by atoms with Gasteiger partial charge in [-0.1, -0.05) is 13.3 Å². The van der Waals surface area contributed by atoms with Crippen LogP contribution in [0.3, 0.4) is 0 Å². The zero-order valence-electron chi connectivity index (χ0n) is 12.8. The minimum Gasteiger partial charge on any atom is -0.372 e. The molecule has 1 N–H and O–H groups in total. The van der Waals surface area contributed by atoms with E-state index in [-0.39, 0.29) is 5.60 Å². The Hall–Kier alpha value is -0.680. The third-order valence-electron chi connectivity index (χ3n) is 4.04. The fourth-order valence-corrected chi connectivity index (χ4v) is 3.48. The van der Waals surface area contributed by atoms with E-state index in [1.807, 2.05) is 20.9 Å². The van der Waals surface area contributed by atoms with Crippen LogP contribution in [0.15, 0.2) is 4.47 Å². The van der Waals surface area contributed by atoms with Crippen LogP contribution in [0.25, 0.3) is 0 Å². The summed E-state index contributed by atoms with van der Waals surface area (Å²) in [6, 6.07) is 0. The Kier molecular flexibility index (Phi) is 5.02. The number of aryl methyl sites for hydroxylation is 1. The molecule has 1 aliphatic rings. The number of nitrogens with zero attached hydrogens (tertiary/aromatic N) is 2. The van der Waals surface area contributed by atoms with E-state index in [0.717, 1.165) is 34.7 Å². The zero-order chi connectivity index (χ0) is 14.8. The predicted molar refractivity (Wildman–Crippen MR) is 85.0 cm³/mol. The van der Waals surface area contributed by atoms with Crippen LogP contribution in [0.4, 0.5) is 5.82 Å². The summed E-state index contributed by atoms with van der Waals surface area (Å²) in [4.78, 5) is 9.41. The summed E-state index contributed by atoms with van der Waals surface area (Å²) in [6.07, 6.45) is 4.46. The Morgan fingerprint density at radius 1 is 1.45 bits per heavy atom. The molecule has 1 aliphatic carbocycles. The lowest BCUT2D eigenvalue weighted by atomic mass is 9.78. The molecule has 5 heteroatoms. The fraction of sp³-hybridized carbons (Fsp3) is 0.733. The molecule has 0 amide bonds. The van der Waals surface area contributed by atoms with Gasteiger partial charge in [-0.05, 0) is 55.0 Å². The molecule has 2 unspecified atom stereocenters. The molecule has 4 nitrogen and oxygen atoms in total. The van der Waals surface area contributed by atoms with Gasteiger partial charge in [0.2, 0.25) is 0 Å². The van der Waals surface area contributed by atoms with E-state index in [0.29, 0.717) is 12.5 Å². The maximum Gasteiger partial charge on any atom is 0.162 e. The van der Waals surface area contributed by atoms with E-state index in [1.165, 1.54) is 12.8 Å². The molecule has 20 heavy (non-hydrogen) atoms. The highest BCUT2D eigenvalue weighted by molar-refractivity contribution is 9.10. The van der Waals surface area contributed by atoms with Crippen molar-refractivity contribution >= 4 is 21.7 Å². The molecule has 0 bridgehead atoms. The molecule has 2 rings (SSSR count). The second-order valence-corrected chi connectivity index (χ2v) is 6.47. The highest BCUT2D eigenvalue weighted by Gasteiger charge is 2.40. The number of anilines is 1. The van der Waals surface area contributed by atoms with Crippen LogP contribution >= 0.6 is 15.9 Å². The topological polar surface area (TPSA) is 47.0 Å². The molecular formula is C15H24BrN3O. The zero-order valence-corrected chi connectivity index (χ0v) is 14.4. The monoisotopic (exact) mass is 341 g/mol. The first-order chi connectivity index (χ1) is 9.52. The molecule has 2 atom stereocenters. The minimum absolute atomic E-state index is 0.316. The van der Waals surface area contributed by atoms with Gasteiger partial charge in [0, 0.05) is 13.7 Å². The first kappa shape index (κ1) is 15.7. The summed E-state index contributed by atoms with van der Waals surface area (Å²) in [7, 11) is 1.88. The lowest BCUT2D eigenvalue weighted by Gasteiger charge is -2.38. The molecule has 1 aromatic heterocycles. The largest absolute Gasteiger partial charge is 0.372 e. The lowest BCUT2D eigenvalue weighted by molar-refractivity contribution is -0.0881. The smallest absolute Gasteiger partial charge is 0.162 e. The Bertz CT molecular complexity index is 476. The van der Waals surface area contributed by atoms with Gasteiger partial charge in [0.25, 0.3) is 0 Å². The summed E-state index contributed by atoms with van der Waals surface area (Å²) in [5.41, 5.74) is 0.639. The van der Waals surface area contributed by atoms with Gasteiger partial charge >= 0.3 is 0 Å². The predicted octanol–water partition coefficient (Wildman–Crippen LogP) is 4.03. The van der Waals surface area contributed by atoms with Gasteiger partial charge in [0.05, 0.1) is 10.2 Å². The van der Waals surface area contributed by atoms with Crippen molar-refractivity contribution in [3.8, 4) is 0 Å². The third kappa shape index (κ3) is 2.98. The van der Waals surface area contributed by atoms with E-state index in [9.17, 15) is 0 Å². The van der Waals surface area contributed by atoms with E-state index in [1.54, 1.807) is 0 Å². The van der Waals surface area contributed by atoms with E-state index in [2.05, 4.69) is 28.2 Å². The van der Waals surface area contributed by atoms with Crippen molar-refractivity contribution in [1.82, 2.24) is 9.97 Å². The first-order valence-electron chi connectivity index (χ1n) is 7.38. The second-order valence-electron chi connectivity index (χ2n) is 5.67. The van der Waals surface area contributed by atoms with Crippen LogP contribution in [-0.2, 0) is 10.3 Å². The molecule has 0 spiro atoms. The Labute approximate surface area is 129 Å². The third-order valence-corrected chi connectivity index (χ3v) is 4.99. The van der Waals surface area contributed by atoms with E-state index in [4.69, 9.17) is 14.7 Å². The van der Waals surface area contributed by atoms with Crippen molar-refractivity contribution in [3.63, 3.8) is 0 Å². The van der Waals surface area contributed by atoms with Crippen LogP contribution in [0.2, 0.25) is 0 Å². The van der Waals surface area contributed by atoms with E-state index < -0.39 is 0 Å². The van der Waals surface area contributed by atoms with Gasteiger partial charge in [-0.15, -0.1) is 0 Å². The lowest BCUT2D eigenvalue weighted by Crippen LogP contribution is -2.37. The van der Waals surface area contributed by atoms with Crippen LogP contribution < -0.4 is 5.32 Å². The summed E-state index contributed by atoms with van der Waals surface area (Å²) < 4.78 is 7.08. The standard InChI is InChI=1S/C15H24BrN3O/c1-5-20-15(8-6-7-10(2)9-15)14-18-11(3)12(16)13(17-4)19-14/h10H,5-9H2,1-4H3,(H,17,18,19). The maximum absolute atomic E-state index is 6.15. The fourth-order valence-electron chi connectivity index (χ4n) is 3.11. The van der Waals surface area contributed by atoms with Gasteiger partial charge < -0.3 is 10.1 Å². The van der Waals surface area contributed by atoms with Gasteiger partial charge in [-0.25, -0.2) is 9.97 Å². The number of nitrogens with one attached hydrogen (secondary N) is 1. The molecule has 112 valence electrons. The Balaban J connectivity index is 2.46. The second kappa shape index (κ2) is 6.39. The van der Waals surface area contributed by atoms with Crippen LogP contribution in [0, 0.1) is 12.8 Å². The number of aromatic nitrogens is 2. The van der Waals surface area contributed by atoms with Crippen molar-refractivity contribution in [3.05, 3.63) is 16.0 Å². The number of ether oxygens (including phenoxy) is 1. The van der Waals surface area contributed by atoms with E-state index >= 15 is 0 Å². The quantitative estimate of drug-likeness (QED) is 0.897. The highest BCUT2D eigenvalue weighted by Crippen LogP contribution is 2.42. The Morgan fingerprint density at radius 3 is 2.80 bits per heavy atom. The van der Waals surface area contributed by atoms with Gasteiger partial charge in [0.15, 0.2) is 5.82 Å². The van der Waals surface area contributed by atoms with Gasteiger partial charge in [-0.2, -0.15) is 0 Å². The highest BCUT2D eigenvalue weighted by atomic mass is 79.9. The summed E-state index contributed by atoms with van der Waals surface area (Å²) in [5, 5.41) is 3.13. The Morgan fingerprint density at radius 2 is 2.20 bits per heavy atom. The summed E-state index contributed by atoms with van der Waals surface area (Å²) in [6.45, 7) is 7.03. The molecular weight excluding hydrogens is 318 g/mol. The van der Waals surface area contributed by atoms with Gasteiger partial charge in [0.1, 0.15) is 11.4 Å². The van der Waals surface area contributed by atoms with Crippen LogP contribution in [0.5, 0.6) is 0 Å². The average molecular weight is 342 g/mol. The van der Waals surface area contributed by atoms with Gasteiger partial charge in [-0.3, -0.25) is 0 Å². The number of halogens is 1. The molecule has 1 saturated carbocycles.